The van der Waals surface area contributed by atoms with E-state index in [0.29, 0.717) is 44.0 Å². The average molecular weight is 381 g/mol. The van der Waals surface area contributed by atoms with Gasteiger partial charge in [-0.05, 0) is 30.5 Å². The number of benzene rings is 1. The van der Waals surface area contributed by atoms with Crippen LogP contribution in [0.4, 0.5) is 4.79 Å². The van der Waals surface area contributed by atoms with E-state index in [4.69, 9.17) is 16.7 Å². The van der Waals surface area contributed by atoms with Gasteiger partial charge in [0.2, 0.25) is 5.91 Å². The lowest BCUT2D eigenvalue weighted by molar-refractivity contribution is -0.143. The largest absolute Gasteiger partial charge is 0.465 e. The molecule has 1 saturated heterocycles. The van der Waals surface area contributed by atoms with Gasteiger partial charge in [-0.2, -0.15) is 0 Å². The smallest absolute Gasteiger partial charge is 0.407 e. The minimum Gasteiger partial charge on any atom is -0.465 e. The normalized spacial score (nSPS) is 21.3. The third-order valence-corrected chi connectivity index (χ3v) is 5.78. The molecule has 26 heavy (non-hydrogen) atoms. The van der Waals surface area contributed by atoms with Gasteiger partial charge in [0.25, 0.3) is 0 Å². The second kappa shape index (κ2) is 7.84. The first-order chi connectivity index (χ1) is 12.4. The molecule has 1 atom stereocenters. The van der Waals surface area contributed by atoms with Crippen LogP contribution in [0.25, 0.3) is 0 Å². The van der Waals surface area contributed by atoms with Gasteiger partial charge in [0.05, 0.1) is 11.5 Å². The minimum atomic E-state index is -1.08. The lowest BCUT2D eigenvalue weighted by atomic mass is 9.72. The van der Waals surface area contributed by atoms with Gasteiger partial charge in [-0.3, -0.25) is 4.79 Å². The van der Waals surface area contributed by atoms with Crippen molar-refractivity contribution in [2.75, 3.05) is 26.2 Å². The Morgan fingerprint density at radius 2 is 1.65 bits per heavy atom. The average Bonchev–Trinajstić information content (AvgIpc) is 2.62. The Morgan fingerprint density at radius 1 is 1.04 bits per heavy atom. The predicted molar refractivity (Wildman–Crippen MR) is 98.4 cm³/mol. The highest BCUT2D eigenvalue weighted by Crippen LogP contribution is 2.41. The highest BCUT2D eigenvalue weighted by atomic mass is 35.5. The van der Waals surface area contributed by atoms with E-state index in [1.807, 2.05) is 6.07 Å². The van der Waals surface area contributed by atoms with Crippen molar-refractivity contribution < 1.29 is 19.8 Å². The van der Waals surface area contributed by atoms with E-state index in [9.17, 15) is 14.7 Å². The highest BCUT2D eigenvalue weighted by Gasteiger charge is 2.45. The fourth-order valence-electron chi connectivity index (χ4n) is 4.12. The van der Waals surface area contributed by atoms with Crippen molar-refractivity contribution in [3.8, 4) is 0 Å². The van der Waals surface area contributed by atoms with Crippen LogP contribution < -0.4 is 0 Å². The summed E-state index contributed by atoms with van der Waals surface area (Å²) in [4.78, 5) is 27.4. The Morgan fingerprint density at radius 3 is 2.23 bits per heavy atom. The zero-order valence-electron chi connectivity index (χ0n) is 14.7. The van der Waals surface area contributed by atoms with Crippen LogP contribution in [0.3, 0.4) is 0 Å². The molecule has 1 aliphatic heterocycles. The number of rotatable bonds is 3. The maximum atomic E-state index is 13.3. The van der Waals surface area contributed by atoms with Gasteiger partial charge in [-0.25, -0.2) is 4.79 Å². The summed E-state index contributed by atoms with van der Waals surface area (Å²) in [6.45, 7) is 1.28. The summed E-state index contributed by atoms with van der Waals surface area (Å²) < 4.78 is 0. The molecule has 1 saturated carbocycles. The summed E-state index contributed by atoms with van der Waals surface area (Å²) in [6, 6.07) is 7.15. The van der Waals surface area contributed by atoms with Gasteiger partial charge >= 0.3 is 6.09 Å². The van der Waals surface area contributed by atoms with E-state index in [1.54, 1.807) is 23.1 Å². The Labute approximate surface area is 158 Å². The number of carbonyl (C=O) groups excluding carboxylic acids is 1. The summed E-state index contributed by atoms with van der Waals surface area (Å²) >= 11 is 6.14. The number of carbonyl (C=O) groups is 2. The van der Waals surface area contributed by atoms with Crippen LogP contribution >= 0.6 is 11.6 Å². The van der Waals surface area contributed by atoms with Crippen molar-refractivity contribution in [2.45, 2.75) is 43.6 Å². The van der Waals surface area contributed by atoms with E-state index >= 15 is 0 Å². The molecule has 1 unspecified atom stereocenters. The third-order valence-electron chi connectivity index (χ3n) is 5.55. The molecule has 142 valence electrons. The van der Waals surface area contributed by atoms with E-state index < -0.39 is 17.6 Å². The number of aliphatic hydroxyl groups is 1. The molecule has 2 fully saturated rings. The number of nitrogens with zero attached hydrogens (tertiary/aromatic N) is 2. The van der Waals surface area contributed by atoms with Crippen molar-refractivity contribution in [1.82, 2.24) is 9.80 Å². The van der Waals surface area contributed by atoms with Crippen LogP contribution in [0.1, 0.15) is 43.6 Å². The minimum absolute atomic E-state index is 0.137. The van der Waals surface area contributed by atoms with E-state index in [-0.39, 0.29) is 5.91 Å². The van der Waals surface area contributed by atoms with Gasteiger partial charge in [-0.15, -0.1) is 0 Å². The van der Waals surface area contributed by atoms with Gasteiger partial charge in [-0.1, -0.05) is 43.0 Å². The van der Waals surface area contributed by atoms with E-state index in [0.717, 1.165) is 24.8 Å². The Hall–Kier alpha value is -1.79. The Bertz CT molecular complexity index is 667. The highest BCUT2D eigenvalue weighted by molar-refractivity contribution is 6.30. The topological polar surface area (TPSA) is 81.1 Å². The number of amides is 2. The molecular formula is C19H25ClN2O4. The molecule has 2 aliphatic rings. The zero-order chi connectivity index (χ0) is 18.7. The van der Waals surface area contributed by atoms with E-state index in [1.165, 1.54) is 4.90 Å². The molecule has 0 radical (unpaired) electrons. The fraction of sp³-hybridized carbons (Fsp3) is 0.579. The molecule has 3 rings (SSSR count). The Kier molecular flexibility index (Phi) is 5.73. The molecule has 1 aromatic rings. The molecule has 6 nitrogen and oxygen atoms in total. The number of piperazine rings is 1. The van der Waals surface area contributed by atoms with Crippen molar-refractivity contribution in [2.24, 2.45) is 0 Å². The second-order valence-electron chi connectivity index (χ2n) is 7.25. The standard InChI is InChI=1S/C19H25ClN2O4/c20-15-6-4-5-14(13-15)16(19(26)7-2-1-3-8-19)17(23)21-9-11-22(12-10-21)18(24)25/h4-6,13,16,26H,1-3,7-12H2,(H,24,25). The van der Waals surface area contributed by atoms with Crippen LogP contribution in [-0.2, 0) is 4.79 Å². The monoisotopic (exact) mass is 380 g/mol. The molecule has 1 heterocycles. The quantitative estimate of drug-likeness (QED) is 0.844. The summed E-state index contributed by atoms with van der Waals surface area (Å²) in [6.07, 6.45) is 3.07. The summed E-state index contributed by atoms with van der Waals surface area (Å²) in [5, 5.41) is 21.0. The van der Waals surface area contributed by atoms with Crippen molar-refractivity contribution in [1.29, 1.82) is 0 Å². The zero-order valence-corrected chi connectivity index (χ0v) is 15.5. The van der Waals surface area contributed by atoms with Crippen molar-refractivity contribution in [3.63, 3.8) is 0 Å². The van der Waals surface area contributed by atoms with Gasteiger partial charge in [0.1, 0.15) is 0 Å². The first-order valence-corrected chi connectivity index (χ1v) is 9.53. The van der Waals surface area contributed by atoms with Crippen molar-refractivity contribution >= 4 is 23.6 Å². The van der Waals surface area contributed by atoms with Crippen LogP contribution in [0.2, 0.25) is 5.02 Å². The molecule has 1 aromatic carbocycles. The molecule has 0 bridgehead atoms. The van der Waals surface area contributed by atoms with Crippen LogP contribution in [0.15, 0.2) is 24.3 Å². The number of carboxylic acid groups (broad SMARTS) is 1. The maximum Gasteiger partial charge on any atom is 0.407 e. The first kappa shape index (κ1) is 19.0. The predicted octanol–water partition coefficient (Wildman–Crippen LogP) is 2.94. The van der Waals surface area contributed by atoms with Gasteiger partial charge < -0.3 is 20.0 Å². The Balaban J connectivity index is 1.86. The molecule has 2 amide bonds. The van der Waals surface area contributed by atoms with Crippen LogP contribution in [-0.4, -0.2) is 63.8 Å². The summed E-state index contributed by atoms with van der Waals surface area (Å²) in [5.41, 5.74) is -0.350. The van der Waals surface area contributed by atoms with Crippen LogP contribution in [0.5, 0.6) is 0 Å². The number of hydrogen-bond donors (Lipinski definition) is 2. The SMILES string of the molecule is O=C(O)N1CCN(C(=O)C(c2cccc(Cl)c2)C2(O)CCCCC2)CC1. The van der Waals surface area contributed by atoms with E-state index in [2.05, 4.69) is 0 Å². The number of hydrogen-bond acceptors (Lipinski definition) is 3. The van der Waals surface area contributed by atoms with Gasteiger partial charge in [0.15, 0.2) is 0 Å². The summed E-state index contributed by atoms with van der Waals surface area (Å²) in [5.74, 6) is -0.806. The van der Waals surface area contributed by atoms with Crippen molar-refractivity contribution in [3.05, 3.63) is 34.9 Å². The molecule has 1 aliphatic carbocycles. The molecule has 2 N–H and O–H groups in total. The third kappa shape index (κ3) is 3.96. The number of halogens is 1. The van der Waals surface area contributed by atoms with Crippen LogP contribution in [0, 0.1) is 0 Å². The molecule has 0 spiro atoms. The fourth-order valence-corrected chi connectivity index (χ4v) is 4.32. The second-order valence-corrected chi connectivity index (χ2v) is 7.68. The lowest BCUT2D eigenvalue weighted by Crippen LogP contribution is -2.54. The molecule has 0 aromatic heterocycles. The molecular weight excluding hydrogens is 356 g/mol. The molecule has 7 heteroatoms. The lowest BCUT2D eigenvalue weighted by Gasteiger charge is -2.42. The first-order valence-electron chi connectivity index (χ1n) is 9.15. The maximum absolute atomic E-state index is 13.3. The summed E-state index contributed by atoms with van der Waals surface area (Å²) in [7, 11) is 0. The van der Waals surface area contributed by atoms with Gasteiger partial charge in [0, 0.05) is 31.2 Å².